The van der Waals surface area contributed by atoms with E-state index in [0.717, 1.165) is 16.9 Å². The normalized spacial score (nSPS) is 11.9. The van der Waals surface area contributed by atoms with Gasteiger partial charge in [-0.05, 0) is 23.3 Å². The lowest BCUT2D eigenvalue weighted by Gasteiger charge is -2.12. The highest BCUT2D eigenvalue weighted by Crippen LogP contribution is 2.12. The Morgan fingerprint density at radius 2 is 1.83 bits per heavy atom. The molecule has 122 valence electrons. The van der Waals surface area contributed by atoms with Crippen LogP contribution >= 0.6 is 0 Å². The SMILES string of the molecule is NC(=O)Cc1ccc(OCCNCC(O)c2ccccc2)cc1. The molecule has 1 amide bonds. The van der Waals surface area contributed by atoms with Crippen LogP contribution in [0.5, 0.6) is 5.75 Å². The lowest BCUT2D eigenvalue weighted by Crippen LogP contribution is -2.26. The molecule has 0 saturated heterocycles. The molecule has 1 unspecified atom stereocenters. The van der Waals surface area contributed by atoms with E-state index < -0.39 is 6.10 Å². The fourth-order valence-electron chi connectivity index (χ4n) is 2.18. The second kappa shape index (κ2) is 8.92. The molecule has 23 heavy (non-hydrogen) atoms. The van der Waals surface area contributed by atoms with Gasteiger partial charge in [-0.15, -0.1) is 0 Å². The van der Waals surface area contributed by atoms with Crippen LogP contribution in [0, 0.1) is 0 Å². The molecule has 5 nitrogen and oxygen atoms in total. The van der Waals surface area contributed by atoms with Crippen LogP contribution in [0.25, 0.3) is 0 Å². The maximum Gasteiger partial charge on any atom is 0.221 e. The average Bonchev–Trinajstić information content (AvgIpc) is 2.56. The predicted octanol–water partition coefficient (Wildman–Crippen LogP) is 1.42. The van der Waals surface area contributed by atoms with Gasteiger partial charge in [-0.2, -0.15) is 0 Å². The topological polar surface area (TPSA) is 84.6 Å². The largest absolute Gasteiger partial charge is 0.492 e. The fraction of sp³-hybridized carbons (Fsp3) is 0.278. The summed E-state index contributed by atoms with van der Waals surface area (Å²) in [6.07, 6.45) is -0.288. The minimum absolute atomic E-state index is 0.235. The number of aliphatic hydroxyl groups excluding tert-OH is 1. The van der Waals surface area contributed by atoms with Gasteiger partial charge in [0.2, 0.25) is 5.91 Å². The van der Waals surface area contributed by atoms with E-state index in [0.29, 0.717) is 19.7 Å². The highest BCUT2D eigenvalue weighted by molar-refractivity contribution is 5.76. The Morgan fingerprint density at radius 1 is 1.13 bits per heavy atom. The summed E-state index contributed by atoms with van der Waals surface area (Å²) in [7, 11) is 0. The molecule has 1 atom stereocenters. The van der Waals surface area contributed by atoms with Crippen molar-refractivity contribution in [2.24, 2.45) is 5.73 Å². The molecule has 0 aliphatic carbocycles. The van der Waals surface area contributed by atoms with E-state index in [1.165, 1.54) is 0 Å². The van der Waals surface area contributed by atoms with E-state index in [1.807, 2.05) is 54.6 Å². The summed E-state index contributed by atoms with van der Waals surface area (Å²) in [6.45, 7) is 1.61. The van der Waals surface area contributed by atoms with Gasteiger partial charge in [0.15, 0.2) is 0 Å². The minimum Gasteiger partial charge on any atom is -0.492 e. The first-order valence-corrected chi connectivity index (χ1v) is 7.59. The van der Waals surface area contributed by atoms with Crippen LogP contribution in [0.3, 0.4) is 0 Å². The molecule has 0 aliphatic heterocycles. The van der Waals surface area contributed by atoms with Crippen molar-refractivity contribution < 1.29 is 14.6 Å². The minimum atomic E-state index is -0.524. The van der Waals surface area contributed by atoms with E-state index in [1.54, 1.807) is 0 Å². The highest BCUT2D eigenvalue weighted by Gasteiger charge is 2.05. The number of rotatable bonds is 9. The Labute approximate surface area is 136 Å². The number of nitrogens with two attached hydrogens (primary N) is 1. The Kier molecular flexibility index (Phi) is 6.59. The Bertz CT molecular complexity index is 599. The number of carbonyl (C=O) groups excluding carboxylic acids is 1. The highest BCUT2D eigenvalue weighted by atomic mass is 16.5. The van der Waals surface area contributed by atoms with Crippen molar-refractivity contribution in [1.82, 2.24) is 5.32 Å². The van der Waals surface area contributed by atoms with Crippen LogP contribution in [0.4, 0.5) is 0 Å². The van der Waals surface area contributed by atoms with E-state index in [4.69, 9.17) is 10.5 Å². The van der Waals surface area contributed by atoms with Gasteiger partial charge in [-0.1, -0.05) is 42.5 Å². The number of ether oxygens (including phenoxy) is 1. The van der Waals surface area contributed by atoms with Crippen LogP contribution in [0.2, 0.25) is 0 Å². The Balaban J connectivity index is 1.64. The maximum absolute atomic E-state index is 10.8. The van der Waals surface area contributed by atoms with Crippen molar-refractivity contribution in [3.8, 4) is 5.75 Å². The molecule has 2 aromatic rings. The molecular formula is C18H22N2O3. The zero-order chi connectivity index (χ0) is 16.5. The van der Waals surface area contributed by atoms with Crippen LogP contribution in [-0.2, 0) is 11.2 Å². The summed E-state index contributed by atoms with van der Waals surface area (Å²) < 4.78 is 5.59. The van der Waals surface area contributed by atoms with Crippen molar-refractivity contribution in [3.63, 3.8) is 0 Å². The summed E-state index contributed by atoms with van der Waals surface area (Å²) in [5.41, 5.74) is 6.91. The van der Waals surface area contributed by atoms with E-state index >= 15 is 0 Å². The first-order valence-electron chi connectivity index (χ1n) is 7.59. The Morgan fingerprint density at radius 3 is 2.48 bits per heavy atom. The van der Waals surface area contributed by atoms with Gasteiger partial charge in [0.25, 0.3) is 0 Å². The van der Waals surface area contributed by atoms with Crippen molar-refractivity contribution in [3.05, 3.63) is 65.7 Å². The molecule has 5 heteroatoms. The van der Waals surface area contributed by atoms with E-state index in [2.05, 4.69) is 5.32 Å². The molecule has 0 aromatic heterocycles. The quantitative estimate of drug-likeness (QED) is 0.611. The van der Waals surface area contributed by atoms with Crippen LogP contribution in [0.1, 0.15) is 17.2 Å². The molecule has 2 rings (SSSR count). The lowest BCUT2D eigenvalue weighted by atomic mass is 10.1. The second-order valence-electron chi connectivity index (χ2n) is 5.27. The third-order valence-electron chi connectivity index (χ3n) is 3.37. The smallest absolute Gasteiger partial charge is 0.221 e. The summed E-state index contributed by atoms with van der Waals surface area (Å²) in [5, 5.41) is 13.2. The van der Waals surface area contributed by atoms with Gasteiger partial charge < -0.3 is 20.9 Å². The molecule has 0 bridgehead atoms. The fourth-order valence-corrected chi connectivity index (χ4v) is 2.18. The molecule has 0 radical (unpaired) electrons. The molecular weight excluding hydrogens is 292 g/mol. The van der Waals surface area contributed by atoms with Gasteiger partial charge in [-0.25, -0.2) is 0 Å². The number of carbonyl (C=O) groups is 1. The van der Waals surface area contributed by atoms with Gasteiger partial charge in [0.05, 0.1) is 12.5 Å². The van der Waals surface area contributed by atoms with E-state index in [-0.39, 0.29) is 12.3 Å². The number of aliphatic hydroxyl groups is 1. The monoisotopic (exact) mass is 314 g/mol. The number of benzene rings is 2. The first-order chi connectivity index (χ1) is 11.1. The van der Waals surface area contributed by atoms with Crippen molar-refractivity contribution in [1.29, 1.82) is 0 Å². The third kappa shape index (κ3) is 6.10. The summed E-state index contributed by atoms with van der Waals surface area (Å²) >= 11 is 0. The molecule has 2 aromatic carbocycles. The molecule has 0 aliphatic rings. The summed E-state index contributed by atoms with van der Waals surface area (Å²) in [5.74, 6) is 0.392. The molecule has 0 heterocycles. The van der Waals surface area contributed by atoms with Crippen molar-refractivity contribution in [2.75, 3.05) is 19.7 Å². The second-order valence-corrected chi connectivity index (χ2v) is 5.27. The number of primary amides is 1. The zero-order valence-electron chi connectivity index (χ0n) is 12.9. The van der Waals surface area contributed by atoms with Crippen LogP contribution < -0.4 is 15.8 Å². The molecule has 4 N–H and O–H groups in total. The summed E-state index contributed by atoms with van der Waals surface area (Å²) in [4.78, 5) is 10.8. The van der Waals surface area contributed by atoms with Gasteiger partial charge in [-0.3, -0.25) is 4.79 Å². The van der Waals surface area contributed by atoms with Crippen molar-refractivity contribution in [2.45, 2.75) is 12.5 Å². The average molecular weight is 314 g/mol. The van der Waals surface area contributed by atoms with Crippen molar-refractivity contribution >= 4 is 5.91 Å². The summed E-state index contributed by atoms with van der Waals surface area (Å²) in [6, 6.07) is 16.8. The standard InChI is InChI=1S/C18H22N2O3/c19-18(22)12-14-6-8-16(9-7-14)23-11-10-20-13-17(21)15-4-2-1-3-5-15/h1-9,17,20-21H,10-13H2,(H2,19,22). The van der Waals surface area contributed by atoms with Gasteiger partial charge in [0.1, 0.15) is 12.4 Å². The van der Waals surface area contributed by atoms with Gasteiger partial charge in [0, 0.05) is 13.1 Å². The molecule has 0 spiro atoms. The maximum atomic E-state index is 10.8. The number of hydrogen-bond donors (Lipinski definition) is 3. The lowest BCUT2D eigenvalue weighted by molar-refractivity contribution is -0.117. The van der Waals surface area contributed by atoms with E-state index in [9.17, 15) is 9.90 Å². The zero-order valence-corrected chi connectivity index (χ0v) is 12.9. The number of nitrogens with one attached hydrogen (secondary N) is 1. The van der Waals surface area contributed by atoms with Gasteiger partial charge >= 0.3 is 0 Å². The third-order valence-corrected chi connectivity index (χ3v) is 3.37. The molecule has 0 saturated carbocycles. The van der Waals surface area contributed by atoms with Crippen LogP contribution in [-0.4, -0.2) is 30.7 Å². The number of hydrogen-bond acceptors (Lipinski definition) is 4. The first kappa shape index (κ1) is 17.0. The predicted molar refractivity (Wildman–Crippen MR) is 89.1 cm³/mol. The Hall–Kier alpha value is -2.37. The number of amides is 1. The molecule has 0 fully saturated rings. The van der Waals surface area contributed by atoms with Crippen LogP contribution in [0.15, 0.2) is 54.6 Å².